The standard InChI is InChI=1S/C15H31NO/c1-4-10-16-13-15(7-5-8-15)9-12-17-11-6-14(2)3/h14,16H,4-13H2,1-3H3. The van der Waals surface area contributed by atoms with Crippen LogP contribution in [0.5, 0.6) is 0 Å². The van der Waals surface area contributed by atoms with Gasteiger partial charge in [-0.2, -0.15) is 0 Å². The Hall–Kier alpha value is -0.0800. The summed E-state index contributed by atoms with van der Waals surface area (Å²) in [6.45, 7) is 11.0. The number of ether oxygens (including phenoxy) is 1. The Morgan fingerprint density at radius 3 is 2.53 bits per heavy atom. The van der Waals surface area contributed by atoms with Crippen molar-refractivity contribution in [3.63, 3.8) is 0 Å². The van der Waals surface area contributed by atoms with E-state index in [-0.39, 0.29) is 0 Å². The molecule has 0 atom stereocenters. The highest BCUT2D eigenvalue weighted by Crippen LogP contribution is 2.43. The van der Waals surface area contributed by atoms with Gasteiger partial charge in [0, 0.05) is 19.8 Å². The average Bonchev–Trinajstić information content (AvgIpc) is 2.24. The molecule has 2 heteroatoms. The number of hydrogen-bond donors (Lipinski definition) is 1. The van der Waals surface area contributed by atoms with E-state index in [1.54, 1.807) is 0 Å². The second kappa shape index (κ2) is 8.10. The van der Waals surface area contributed by atoms with E-state index in [1.807, 2.05) is 0 Å². The van der Waals surface area contributed by atoms with Crippen LogP contribution >= 0.6 is 0 Å². The lowest BCUT2D eigenvalue weighted by Crippen LogP contribution is -2.41. The first-order valence-corrected chi connectivity index (χ1v) is 7.47. The molecule has 0 unspecified atom stereocenters. The van der Waals surface area contributed by atoms with Crippen molar-refractivity contribution < 1.29 is 4.74 Å². The topological polar surface area (TPSA) is 21.3 Å². The van der Waals surface area contributed by atoms with Gasteiger partial charge in [0.25, 0.3) is 0 Å². The molecule has 1 fully saturated rings. The van der Waals surface area contributed by atoms with Crippen molar-refractivity contribution in [2.75, 3.05) is 26.3 Å². The summed E-state index contributed by atoms with van der Waals surface area (Å²) < 4.78 is 5.75. The van der Waals surface area contributed by atoms with Gasteiger partial charge in [-0.25, -0.2) is 0 Å². The van der Waals surface area contributed by atoms with E-state index in [0.717, 1.165) is 25.7 Å². The monoisotopic (exact) mass is 241 g/mol. The maximum Gasteiger partial charge on any atom is 0.0471 e. The van der Waals surface area contributed by atoms with Crippen molar-refractivity contribution in [3.8, 4) is 0 Å². The molecule has 1 aliphatic carbocycles. The minimum absolute atomic E-state index is 0.576. The summed E-state index contributed by atoms with van der Waals surface area (Å²) in [6.07, 6.45) is 7.90. The molecule has 1 aliphatic rings. The van der Waals surface area contributed by atoms with Crippen LogP contribution in [0.15, 0.2) is 0 Å². The summed E-state index contributed by atoms with van der Waals surface area (Å²) in [5.74, 6) is 0.763. The largest absolute Gasteiger partial charge is 0.381 e. The van der Waals surface area contributed by atoms with E-state index in [4.69, 9.17) is 4.74 Å². The molecule has 0 spiro atoms. The van der Waals surface area contributed by atoms with Crippen LogP contribution in [0.4, 0.5) is 0 Å². The highest BCUT2D eigenvalue weighted by Gasteiger charge is 2.35. The summed E-state index contributed by atoms with van der Waals surface area (Å²) >= 11 is 0. The molecule has 0 aliphatic heterocycles. The van der Waals surface area contributed by atoms with E-state index >= 15 is 0 Å². The lowest BCUT2D eigenvalue weighted by atomic mass is 9.67. The second-order valence-electron chi connectivity index (χ2n) is 6.08. The fourth-order valence-electron chi connectivity index (χ4n) is 2.43. The molecule has 102 valence electrons. The molecule has 0 aromatic heterocycles. The quantitative estimate of drug-likeness (QED) is 0.590. The number of hydrogen-bond acceptors (Lipinski definition) is 2. The Bertz CT molecular complexity index is 187. The molecule has 1 saturated carbocycles. The average molecular weight is 241 g/mol. The van der Waals surface area contributed by atoms with Crippen LogP contribution in [-0.4, -0.2) is 26.3 Å². The SMILES string of the molecule is CCCNCC1(CCOCCC(C)C)CCC1. The van der Waals surface area contributed by atoms with Crippen molar-refractivity contribution >= 4 is 0 Å². The third-order valence-corrected chi connectivity index (χ3v) is 3.96. The lowest BCUT2D eigenvalue weighted by molar-refractivity contribution is 0.0462. The predicted octanol–water partition coefficient (Wildman–Crippen LogP) is 3.61. The molecule has 1 N–H and O–H groups in total. The van der Waals surface area contributed by atoms with Gasteiger partial charge in [-0.05, 0) is 50.0 Å². The van der Waals surface area contributed by atoms with Gasteiger partial charge in [-0.15, -0.1) is 0 Å². The highest BCUT2D eigenvalue weighted by molar-refractivity contribution is 4.89. The van der Waals surface area contributed by atoms with Crippen molar-refractivity contribution in [2.24, 2.45) is 11.3 Å². The van der Waals surface area contributed by atoms with Gasteiger partial charge in [-0.1, -0.05) is 27.2 Å². The van der Waals surface area contributed by atoms with Crippen molar-refractivity contribution in [3.05, 3.63) is 0 Å². The van der Waals surface area contributed by atoms with E-state index in [0.29, 0.717) is 5.41 Å². The summed E-state index contributed by atoms with van der Waals surface area (Å²) in [5, 5.41) is 3.58. The van der Waals surface area contributed by atoms with Crippen LogP contribution in [-0.2, 0) is 4.74 Å². The summed E-state index contributed by atoms with van der Waals surface area (Å²) in [4.78, 5) is 0. The minimum atomic E-state index is 0.576. The first-order valence-electron chi connectivity index (χ1n) is 7.47. The normalized spacial score (nSPS) is 18.4. The van der Waals surface area contributed by atoms with Crippen LogP contribution in [0, 0.1) is 11.3 Å². The third-order valence-electron chi connectivity index (χ3n) is 3.96. The third kappa shape index (κ3) is 5.87. The van der Waals surface area contributed by atoms with Crippen LogP contribution in [0.3, 0.4) is 0 Å². The minimum Gasteiger partial charge on any atom is -0.381 e. The van der Waals surface area contributed by atoms with Crippen molar-refractivity contribution in [1.82, 2.24) is 5.32 Å². The zero-order chi connectivity index (χ0) is 12.6. The molecule has 1 rings (SSSR count). The molecule has 0 bridgehead atoms. The summed E-state index contributed by atoms with van der Waals surface area (Å²) in [6, 6.07) is 0. The first kappa shape index (κ1) is 15.0. The van der Waals surface area contributed by atoms with Gasteiger partial charge in [0.1, 0.15) is 0 Å². The molecule has 17 heavy (non-hydrogen) atoms. The van der Waals surface area contributed by atoms with Gasteiger partial charge in [-0.3, -0.25) is 0 Å². The lowest BCUT2D eigenvalue weighted by Gasteiger charge is -2.42. The molecular formula is C15H31NO. The molecule has 0 radical (unpaired) electrons. The number of rotatable bonds is 10. The zero-order valence-corrected chi connectivity index (χ0v) is 12.1. The molecular weight excluding hydrogens is 210 g/mol. The maximum atomic E-state index is 5.75. The molecule has 0 amide bonds. The van der Waals surface area contributed by atoms with E-state index < -0.39 is 0 Å². The predicted molar refractivity (Wildman–Crippen MR) is 74.3 cm³/mol. The Kier molecular flexibility index (Phi) is 7.14. The fourth-order valence-corrected chi connectivity index (χ4v) is 2.43. The summed E-state index contributed by atoms with van der Waals surface area (Å²) in [7, 11) is 0. The van der Waals surface area contributed by atoms with E-state index in [9.17, 15) is 0 Å². The molecule has 2 nitrogen and oxygen atoms in total. The van der Waals surface area contributed by atoms with Gasteiger partial charge >= 0.3 is 0 Å². The van der Waals surface area contributed by atoms with Gasteiger partial charge in [0.05, 0.1) is 0 Å². The van der Waals surface area contributed by atoms with Crippen LogP contribution in [0.2, 0.25) is 0 Å². The second-order valence-corrected chi connectivity index (χ2v) is 6.08. The van der Waals surface area contributed by atoms with Gasteiger partial charge in [0.2, 0.25) is 0 Å². The van der Waals surface area contributed by atoms with Crippen molar-refractivity contribution in [1.29, 1.82) is 0 Å². The van der Waals surface area contributed by atoms with Crippen LogP contribution in [0.1, 0.15) is 59.3 Å². The van der Waals surface area contributed by atoms with E-state index in [1.165, 1.54) is 45.1 Å². The Balaban J connectivity index is 2.05. The van der Waals surface area contributed by atoms with Gasteiger partial charge in [0.15, 0.2) is 0 Å². The maximum absolute atomic E-state index is 5.75. The van der Waals surface area contributed by atoms with Gasteiger partial charge < -0.3 is 10.1 Å². The smallest absolute Gasteiger partial charge is 0.0471 e. The number of nitrogens with one attached hydrogen (secondary N) is 1. The molecule has 0 heterocycles. The van der Waals surface area contributed by atoms with Crippen LogP contribution in [0.25, 0.3) is 0 Å². The van der Waals surface area contributed by atoms with E-state index in [2.05, 4.69) is 26.1 Å². The van der Waals surface area contributed by atoms with Crippen molar-refractivity contribution in [2.45, 2.75) is 59.3 Å². The molecule has 0 saturated heterocycles. The van der Waals surface area contributed by atoms with Crippen LogP contribution < -0.4 is 5.32 Å². The Labute approximate surface area is 108 Å². The summed E-state index contributed by atoms with van der Waals surface area (Å²) in [5.41, 5.74) is 0.576. The fraction of sp³-hybridized carbons (Fsp3) is 1.00. The highest BCUT2D eigenvalue weighted by atomic mass is 16.5. The molecule has 0 aromatic carbocycles. The zero-order valence-electron chi connectivity index (χ0n) is 12.1. The Morgan fingerprint density at radius 2 is 2.00 bits per heavy atom. The molecule has 0 aromatic rings. The Morgan fingerprint density at radius 1 is 1.24 bits per heavy atom. The first-order chi connectivity index (χ1) is 8.18.